The largest absolute Gasteiger partial charge is 0.362 e. The van der Waals surface area contributed by atoms with Crippen molar-refractivity contribution in [1.82, 2.24) is 20.2 Å². The number of nitrogens with zero attached hydrogens (tertiary/aromatic N) is 3. The maximum atomic E-state index is 9.29. The van der Waals surface area contributed by atoms with E-state index in [0.29, 0.717) is 12.8 Å². The van der Waals surface area contributed by atoms with Gasteiger partial charge in [0.05, 0.1) is 18.1 Å². The Morgan fingerprint density at radius 2 is 1.71 bits per heavy atom. The molecular formula is C16H34ClN5O2. The fourth-order valence-corrected chi connectivity index (χ4v) is 0.692. The van der Waals surface area contributed by atoms with Gasteiger partial charge < -0.3 is 15.2 Å². The highest BCUT2D eigenvalue weighted by molar-refractivity contribution is 6.17. The van der Waals surface area contributed by atoms with E-state index in [9.17, 15) is 4.79 Å². The van der Waals surface area contributed by atoms with Gasteiger partial charge in [-0.2, -0.15) is 5.26 Å². The number of carbonyl (C=O) groups is 2. The third kappa shape index (κ3) is 36.8. The molecular weight excluding hydrogens is 330 g/mol. The van der Waals surface area contributed by atoms with Crippen molar-refractivity contribution in [3.05, 3.63) is 17.7 Å². The molecule has 0 aliphatic rings. The van der Waals surface area contributed by atoms with Crippen LogP contribution in [0.1, 0.15) is 39.6 Å². The molecule has 0 unspecified atom stereocenters. The highest BCUT2D eigenvalue weighted by atomic mass is 35.5. The van der Waals surface area contributed by atoms with Crippen molar-refractivity contribution >= 4 is 24.4 Å². The monoisotopic (exact) mass is 363 g/mol. The standard InChI is InChI=1S/C6H10N2.C3H7NO.C2H5Cl.C2H5NO.C2H3N.CH4/c1-5-6(2)8(3)4-7-5;1-2-4-3-5;1-2-3;1-3-2-4;1-2-3;/h4H,1-3H3;3H,2H2,1H3,(H,4,5);2H2,1H3;2H,1H3,(H,3,4);1H3;1H4. The molecule has 2 N–H and O–H groups in total. The quantitative estimate of drug-likeness (QED) is 0.636. The number of halogens is 1. The Balaban J connectivity index is -0.0000000666. The summed E-state index contributed by atoms with van der Waals surface area (Å²) in [5, 5.41) is 12.0. The first kappa shape index (κ1) is 33.5. The van der Waals surface area contributed by atoms with Gasteiger partial charge in [-0.25, -0.2) is 4.98 Å². The minimum absolute atomic E-state index is 0. The summed E-state index contributed by atoms with van der Waals surface area (Å²) in [6, 6.07) is 1.75. The van der Waals surface area contributed by atoms with Gasteiger partial charge >= 0.3 is 0 Å². The number of amides is 2. The molecule has 0 aliphatic carbocycles. The summed E-state index contributed by atoms with van der Waals surface area (Å²) in [6.45, 7) is 9.98. The number of rotatable bonds is 3. The lowest BCUT2D eigenvalue weighted by atomic mass is 10.4. The van der Waals surface area contributed by atoms with Crippen molar-refractivity contribution in [2.75, 3.05) is 19.5 Å². The van der Waals surface area contributed by atoms with Gasteiger partial charge in [-0.3, -0.25) is 9.59 Å². The highest BCUT2D eigenvalue weighted by Gasteiger charge is 1.93. The van der Waals surface area contributed by atoms with Crippen LogP contribution in [0.25, 0.3) is 0 Å². The maximum Gasteiger partial charge on any atom is 0.207 e. The Kier molecular flexibility index (Phi) is 45.8. The highest BCUT2D eigenvalue weighted by Crippen LogP contribution is 1.99. The smallest absolute Gasteiger partial charge is 0.207 e. The van der Waals surface area contributed by atoms with E-state index < -0.39 is 0 Å². The van der Waals surface area contributed by atoms with Crippen LogP contribution in [-0.4, -0.2) is 41.8 Å². The zero-order valence-electron chi connectivity index (χ0n) is 15.2. The van der Waals surface area contributed by atoms with Crippen LogP contribution in [0.4, 0.5) is 0 Å². The number of alkyl halides is 1. The van der Waals surface area contributed by atoms with Gasteiger partial charge in [-0.05, 0) is 20.8 Å². The first-order valence-electron chi connectivity index (χ1n) is 6.97. The molecule has 2 amide bonds. The number of aromatic nitrogens is 2. The summed E-state index contributed by atoms with van der Waals surface area (Å²) < 4.78 is 2.01. The summed E-state index contributed by atoms with van der Waals surface area (Å²) in [6.07, 6.45) is 3.13. The Morgan fingerprint density at radius 3 is 1.75 bits per heavy atom. The van der Waals surface area contributed by atoms with Gasteiger partial charge in [0.15, 0.2) is 0 Å². The fraction of sp³-hybridized carbons (Fsp3) is 0.625. The van der Waals surface area contributed by atoms with E-state index in [4.69, 9.17) is 21.7 Å². The SMILES string of the molecule is C.CC#N.CCCl.CCNC=O.CNC=O.Cc1ncn(C)c1C. The lowest BCUT2D eigenvalue weighted by Crippen LogP contribution is -2.07. The second-order valence-electron chi connectivity index (χ2n) is 3.60. The van der Waals surface area contributed by atoms with Gasteiger partial charge in [-0.15, -0.1) is 11.6 Å². The van der Waals surface area contributed by atoms with Crippen molar-refractivity contribution in [3.8, 4) is 6.07 Å². The van der Waals surface area contributed by atoms with Crippen LogP contribution < -0.4 is 10.6 Å². The summed E-state index contributed by atoms with van der Waals surface area (Å²) in [5.41, 5.74) is 2.36. The molecule has 0 fully saturated rings. The lowest BCUT2D eigenvalue weighted by molar-refractivity contribution is -0.110. The molecule has 0 radical (unpaired) electrons. The Hall–Kier alpha value is -2.07. The molecule has 142 valence electrons. The van der Waals surface area contributed by atoms with Crippen LogP contribution in [0.5, 0.6) is 0 Å². The predicted octanol–water partition coefficient (Wildman–Crippen LogP) is 2.56. The molecule has 0 aromatic carbocycles. The third-order valence-electron chi connectivity index (χ3n) is 1.88. The van der Waals surface area contributed by atoms with E-state index in [2.05, 4.69) is 22.5 Å². The molecule has 1 aromatic heterocycles. The molecule has 1 heterocycles. The first-order valence-corrected chi connectivity index (χ1v) is 7.50. The molecule has 0 spiro atoms. The molecule has 0 saturated heterocycles. The minimum Gasteiger partial charge on any atom is -0.362 e. The topological polar surface area (TPSA) is 99.8 Å². The number of nitriles is 1. The van der Waals surface area contributed by atoms with Crippen molar-refractivity contribution in [2.45, 2.75) is 42.0 Å². The second-order valence-corrected chi connectivity index (χ2v) is 4.13. The summed E-state index contributed by atoms with van der Waals surface area (Å²) in [4.78, 5) is 22.4. The zero-order chi connectivity index (χ0) is 19.1. The predicted molar refractivity (Wildman–Crippen MR) is 102 cm³/mol. The average Bonchev–Trinajstić information content (AvgIpc) is 2.82. The van der Waals surface area contributed by atoms with Crippen molar-refractivity contribution in [3.63, 3.8) is 0 Å². The van der Waals surface area contributed by atoms with E-state index >= 15 is 0 Å². The van der Waals surface area contributed by atoms with Gasteiger partial charge in [-0.1, -0.05) is 14.4 Å². The van der Waals surface area contributed by atoms with E-state index in [1.165, 1.54) is 12.6 Å². The fourth-order valence-electron chi connectivity index (χ4n) is 0.692. The van der Waals surface area contributed by atoms with E-state index in [1.807, 2.05) is 38.7 Å². The molecule has 8 heteroatoms. The lowest BCUT2D eigenvalue weighted by Gasteiger charge is -1.90. The Morgan fingerprint density at radius 1 is 1.33 bits per heavy atom. The van der Waals surface area contributed by atoms with Crippen LogP contribution in [0.15, 0.2) is 6.33 Å². The van der Waals surface area contributed by atoms with Crippen molar-refractivity contribution in [2.24, 2.45) is 7.05 Å². The number of aryl methyl sites for hydroxylation is 2. The van der Waals surface area contributed by atoms with Crippen LogP contribution in [-0.2, 0) is 16.6 Å². The van der Waals surface area contributed by atoms with Crippen molar-refractivity contribution in [1.29, 1.82) is 5.26 Å². The van der Waals surface area contributed by atoms with E-state index in [-0.39, 0.29) is 7.43 Å². The molecule has 1 aromatic rings. The minimum atomic E-state index is 0. The van der Waals surface area contributed by atoms with Gasteiger partial charge in [0.2, 0.25) is 12.8 Å². The molecule has 24 heavy (non-hydrogen) atoms. The molecule has 1 rings (SSSR count). The summed E-state index contributed by atoms with van der Waals surface area (Å²) in [5.74, 6) is 0.722. The Labute approximate surface area is 152 Å². The van der Waals surface area contributed by atoms with E-state index in [0.717, 1.165) is 18.1 Å². The molecule has 7 nitrogen and oxygen atoms in total. The first-order chi connectivity index (χ1) is 10.9. The number of carbonyl (C=O) groups excluding carboxylic acids is 2. The van der Waals surface area contributed by atoms with Crippen LogP contribution in [0, 0.1) is 25.2 Å². The van der Waals surface area contributed by atoms with E-state index in [1.54, 1.807) is 13.1 Å². The van der Waals surface area contributed by atoms with Gasteiger partial charge in [0.25, 0.3) is 0 Å². The normalized spacial score (nSPS) is 6.62. The van der Waals surface area contributed by atoms with Gasteiger partial charge in [0.1, 0.15) is 0 Å². The number of imidazole rings is 1. The molecule has 0 saturated carbocycles. The molecule has 0 atom stereocenters. The summed E-state index contributed by atoms with van der Waals surface area (Å²) >= 11 is 5.00. The van der Waals surface area contributed by atoms with Crippen LogP contribution in [0.3, 0.4) is 0 Å². The average molecular weight is 364 g/mol. The number of hydrogen-bond acceptors (Lipinski definition) is 4. The third-order valence-corrected chi connectivity index (χ3v) is 1.88. The van der Waals surface area contributed by atoms with Crippen molar-refractivity contribution < 1.29 is 9.59 Å². The zero-order valence-corrected chi connectivity index (χ0v) is 15.9. The van der Waals surface area contributed by atoms with Crippen LogP contribution >= 0.6 is 11.6 Å². The summed E-state index contributed by atoms with van der Waals surface area (Å²) in [7, 11) is 3.56. The van der Waals surface area contributed by atoms with Gasteiger partial charge in [0, 0.05) is 39.1 Å². The number of hydrogen-bond donors (Lipinski definition) is 2. The Bertz CT molecular complexity index is 384. The molecule has 0 aliphatic heterocycles. The van der Waals surface area contributed by atoms with Crippen LogP contribution in [0.2, 0.25) is 0 Å². The number of nitrogens with one attached hydrogen (secondary N) is 2. The molecule has 0 bridgehead atoms. The maximum absolute atomic E-state index is 9.29. The second kappa shape index (κ2) is 32.8.